The number of hydrogen-bond acceptors (Lipinski definition) is 2. The molecule has 0 aromatic heterocycles. The molecule has 4 nitrogen and oxygen atoms in total. The zero-order valence-corrected chi connectivity index (χ0v) is 15.5. The van der Waals surface area contributed by atoms with E-state index in [9.17, 15) is 18.4 Å². The highest BCUT2D eigenvalue weighted by Crippen LogP contribution is 2.41. The first-order valence-corrected chi connectivity index (χ1v) is 8.94. The van der Waals surface area contributed by atoms with Crippen molar-refractivity contribution in [1.29, 1.82) is 0 Å². The van der Waals surface area contributed by atoms with Crippen molar-refractivity contribution in [3.63, 3.8) is 0 Å². The molecule has 27 heavy (non-hydrogen) atoms. The standard InChI is InChI=1S/C21H22F2N2O2/c1-11(2)14-6-4-5-12(3)19(14)25-21(27)16-10-15(16)20(26)24-18-8-7-13(22)9-17(18)23/h4-9,11,15-16H,10H2,1-3H3,(H,24,26)(H,25,27). The number of anilines is 2. The van der Waals surface area contributed by atoms with Gasteiger partial charge in [-0.05, 0) is 42.5 Å². The van der Waals surface area contributed by atoms with Crippen molar-refractivity contribution in [3.05, 3.63) is 59.2 Å². The molecule has 1 saturated carbocycles. The largest absolute Gasteiger partial charge is 0.325 e. The fraction of sp³-hybridized carbons (Fsp3) is 0.333. The van der Waals surface area contributed by atoms with Crippen molar-refractivity contribution in [1.82, 2.24) is 0 Å². The van der Waals surface area contributed by atoms with E-state index in [4.69, 9.17) is 0 Å². The summed E-state index contributed by atoms with van der Waals surface area (Å²) >= 11 is 0. The van der Waals surface area contributed by atoms with E-state index in [1.807, 2.05) is 25.1 Å². The molecule has 0 saturated heterocycles. The van der Waals surface area contributed by atoms with Gasteiger partial charge in [-0.1, -0.05) is 32.0 Å². The third kappa shape index (κ3) is 4.15. The quantitative estimate of drug-likeness (QED) is 0.805. The van der Waals surface area contributed by atoms with Crippen LogP contribution in [0.15, 0.2) is 36.4 Å². The minimum Gasteiger partial charge on any atom is -0.325 e. The van der Waals surface area contributed by atoms with Crippen LogP contribution in [0.4, 0.5) is 20.2 Å². The smallest absolute Gasteiger partial charge is 0.228 e. The van der Waals surface area contributed by atoms with Gasteiger partial charge < -0.3 is 10.6 Å². The van der Waals surface area contributed by atoms with Gasteiger partial charge in [-0.3, -0.25) is 9.59 Å². The molecule has 2 amide bonds. The minimum atomic E-state index is -0.841. The van der Waals surface area contributed by atoms with Crippen molar-refractivity contribution in [2.24, 2.45) is 11.8 Å². The maximum Gasteiger partial charge on any atom is 0.228 e. The van der Waals surface area contributed by atoms with Crippen LogP contribution in [0.1, 0.15) is 37.3 Å². The third-order valence-corrected chi connectivity index (χ3v) is 4.83. The molecule has 2 unspecified atom stereocenters. The van der Waals surface area contributed by atoms with Crippen LogP contribution in [0.25, 0.3) is 0 Å². The maximum atomic E-state index is 13.7. The summed E-state index contributed by atoms with van der Waals surface area (Å²) in [5, 5.41) is 5.38. The van der Waals surface area contributed by atoms with E-state index in [0.717, 1.165) is 22.9 Å². The number of benzene rings is 2. The zero-order valence-electron chi connectivity index (χ0n) is 15.5. The molecule has 6 heteroatoms. The molecule has 1 aliphatic carbocycles. The van der Waals surface area contributed by atoms with Crippen LogP contribution in [-0.4, -0.2) is 11.8 Å². The molecular formula is C21H22F2N2O2. The Balaban J connectivity index is 1.65. The average Bonchev–Trinajstić information content (AvgIpc) is 3.39. The fourth-order valence-electron chi connectivity index (χ4n) is 3.15. The Labute approximate surface area is 157 Å². The van der Waals surface area contributed by atoms with Crippen LogP contribution < -0.4 is 10.6 Å². The van der Waals surface area contributed by atoms with Gasteiger partial charge in [0.05, 0.1) is 17.5 Å². The van der Waals surface area contributed by atoms with Crippen molar-refractivity contribution in [3.8, 4) is 0 Å². The van der Waals surface area contributed by atoms with Crippen LogP contribution in [0.5, 0.6) is 0 Å². The first kappa shape index (κ1) is 19.0. The summed E-state index contributed by atoms with van der Waals surface area (Å²) in [6, 6.07) is 8.80. The predicted molar refractivity (Wildman–Crippen MR) is 100 cm³/mol. The molecule has 2 aromatic carbocycles. The van der Waals surface area contributed by atoms with Crippen molar-refractivity contribution in [2.45, 2.75) is 33.1 Å². The topological polar surface area (TPSA) is 58.2 Å². The van der Waals surface area contributed by atoms with Crippen LogP contribution in [0, 0.1) is 30.4 Å². The van der Waals surface area contributed by atoms with Crippen LogP contribution in [-0.2, 0) is 9.59 Å². The highest BCUT2D eigenvalue weighted by Gasteiger charge is 2.48. The van der Waals surface area contributed by atoms with Gasteiger partial charge in [-0.15, -0.1) is 0 Å². The van der Waals surface area contributed by atoms with Crippen molar-refractivity contribution in [2.75, 3.05) is 10.6 Å². The van der Waals surface area contributed by atoms with E-state index in [1.165, 1.54) is 6.07 Å². The average molecular weight is 372 g/mol. The molecule has 1 aliphatic rings. The highest BCUT2D eigenvalue weighted by molar-refractivity contribution is 6.03. The second-order valence-electron chi connectivity index (χ2n) is 7.25. The van der Waals surface area contributed by atoms with Gasteiger partial charge in [-0.2, -0.15) is 0 Å². The molecule has 0 spiro atoms. The molecule has 0 radical (unpaired) electrons. The van der Waals surface area contributed by atoms with Gasteiger partial charge in [0.2, 0.25) is 11.8 Å². The molecule has 2 atom stereocenters. The van der Waals surface area contributed by atoms with E-state index in [2.05, 4.69) is 24.5 Å². The van der Waals surface area contributed by atoms with E-state index in [1.54, 1.807) is 0 Å². The summed E-state index contributed by atoms with van der Waals surface area (Å²) in [6.45, 7) is 6.03. The number of carbonyl (C=O) groups is 2. The fourth-order valence-corrected chi connectivity index (χ4v) is 3.15. The molecule has 2 aromatic rings. The Morgan fingerprint density at radius 1 is 1.04 bits per heavy atom. The Hall–Kier alpha value is -2.76. The summed E-state index contributed by atoms with van der Waals surface area (Å²) in [5.41, 5.74) is 2.70. The highest BCUT2D eigenvalue weighted by atomic mass is 19.1. The van der Waals surface area contributed by atoms with E-state index in [-0.39, 0.29) is 17.5 Å². The molecule has 2 N–H and O–H groups in total. The van der Waals surface area contributed by atoms with E-state index in [0.29, 0.717) is 12.5 Å². The van der Waals surface area contributed by atoms with Gasteiger partial charge in [0.15, 0.2) is 0 Å². The Morgan fingerprint density at radius 2 is 1.70 bits per heavy atom. The number of amides is 2. The van der Waals surface area contributed by atoms with Gasteiger partial charge in [0, 0.05) is 11.8 Å². The maximum absolute atomic E-state index is 13.7. The summed E-state index contributed by atoms with van der Waals surface area (Å²) in [5.74, 6) is -2.92. The lowest BCUT2D eigenvalue weighted by molar-refractivity contribution is -0.122. The first-order chi connectivity index (χ1) is 12.8. The molecule has 142 valence electrons. The van der Waals surface area contributed by atoms with Gasteiger partial charge >= 0.3 is 0 Å². The Kier molecular flexibility index (Phi) is 5.26. The Morgan fingerprint density at radius 3 is 2.33 bits per heavy atom. The second kappa shape index (κ2) is 7.47. The number of aryl methyl sites for hydroxylation is 1. The van der Waals surface area contributed by atoms with Crippen LogP contribution >= 0.6 is 0 Å². The normalized spacial score (nSPS) is 18.3. The Bertz CT molecular complexity index is 896. The van der Waals surface area contributed by atoms with E-state index >= 15 is 0 Å². The second-order valence-corrected chi connectivity index (χ2v) is 7.25. The summed E-state index contributed by atoms with van der Waals surface area (Å²) in [7, 11) is 0. The van der Waals surface area contributed by atoms with Crippen molar-refractivity contribution < 1.29 is 18.4 Å². The molecule has 0 bridgehead atoms. The summed E-state index contributed by atoms with van der Waals surface area (Å²) < 4.78 is 26.6. The van der Waals surface area contributed by atoms with Crippen molar-refractivity contribution >= 4 is 23.2 Å². The number of hydrogen-bond donors (Lipinski definition) is 2. The number of para-hydroxylation sites is 1. The SMILES string of the molecule is Cc1cccc(C(C)C)c1NC(=O)C1CC1C(=O)Nc1ccc(F)cc1F. The molecule has 1 fully saturated rings. The van der Waals surface area contributed by atoms with Crippen LogP contribution in [0.2, 0.25) is 0 Å². The van der Waals surface area contributed by atoms with Crippen LogP contribution in [0.3, 0.4) is 0 Å². The lowest BCUT2D eigenvalue weighted by Gasteiger charge is -2.16. The molecule has 0 aliphatic heterocycles. The van der Waals surface area contributed by atoms with E-state index < -0.39 is 29.4 Å². The zero-order chi connectivity index (χ0) is 19.7. The number of halogens is 2. The summed E-state index contributed by atoms with van der Waals surface area (Å²) in [6.07, 6.45) is 0.406. The number of carbonyl (C=O) groups excluding carboxylic acids is 2. The van der Waals surface area contributed by atoms with Gasteiger partial charge in [-0.25, -0.2) is 8.78 Å². The molecular weight excluding hydrogens is 350 g/mol. The monoisotopic (exact) mass is 372 g/mol. The lowest BCUT2D eigenvalue weighted by Crippen LogP contribution is -2.22. The number of nitrogens with one attached hydrogen (secondary N) is 2. The minimum absolute atomic E-state index is 0.0894. The lowest BCUT2D eigenvalue weighted by atomic mass is 9.98. The number of rotatable bonds is 5. The van der Waals surface area contributed by atoms with Gasteiger partial charge in [0.1, 0.15) is 11.6 Å². The predicted octanol–water partition coefficient (Wildman–Crippen LogP) is 4.61. The van der Waals surface area contributed by atoms with Gasteiger partial charge in [0.25, 0.3) is 0 Å². The third-order valence-electron chi connectivity index (χ3n) is 4.83. The first-order valence-electron chi connectivity index (χ1n) is 8.94. The molecule has 3 rings (SSSR count). The molecule has 0 heterocycles. The summed E-state index contributed by atoms with van der Waals surface area (Å²) in [4.78, 5) is 24.8.